The van der Waals surface area contributed by atoms with Crippen LogP contribution in [0.5, 0.6) is 0 Å². The molecule has 1 aromatic rings. The number of sulfonamides is 1. The lowest BCUT2D eigenvalue weighted by molar-refractivity contribution is -0.134. The molecule has 31 heavy (non-hydrogen) atoms. The van der Waals surface area contributed by atoms with Crippen LogP contribution in [0, 0.1) is 11.8 Å². The minimum atomic E-state index is -3.68. The van der Waals surface area contributed by atoms with Crippen molar-refractivity contribution in [2.75, 3.05) is 19.6 Å². The summed E-state index contributed by atoms with van der Waals surface area (Å²) in [6.45, 7) is 9.89. The summed E-state index contributed by atoms with van der Waals surface area (Å²) in [5, 5.41) is 4.15. The van der Waals surface area contributed by atoms with Crippen LogP contribution < -0.4 is 5.32 Å². The Kier molecular flexibility index (Phi) is 7.64. The first-order valence-electron chi connectivity index (χ1n) is 11.0. The van der Waals surface area contributed by atoms with Gasteiger partial charge in [0.05, 0.1) is 26.6 Å². The van der Waals surface area contributed by atoms with E-state index < -0.39 is 15.7 Å². The van der Waals surface area contributed by atoms with Crippen molar-refractivity contribution in [2.24, 2.45) is 11.8 Å². The molecule has 0 aromatic heterocycles. The number of hydrogen-bond donors (Lipinski definition) is 1. The summed E-state index contributed by atoms with van der Waals surface area (Å²) >= 11 is 12.0. The van der Waals surface area contributed by atoms with E-state index in [-0.39, 0.29) is 21.9 Å². The lowest BCUT2D eigenvalue weighted by atomic mass is 9.95. The number of nitrogens with zero attached hydrogens (tertiary/aromatic N) is 2. The summed E-state index contributed by atoms with van der Waals surface area (Å²) < 4.78 is 27.8. The second-order valence-electron chi connectivity index (χ2n) is 9.30. The summed E-state index contributed by atoms with van der Waals surface area (Å²) in [6, 6.07) is 4.18. The molecule has 9 heteroatoms. The van der Waals surface area contributed by atoms with E-state index in [1.165, 1.54) is 22.5 Å². The summed E-state index contributed by atoms with van der Waals surface area (Å²) in [5.41, 5.74) is -0.482. The van der Waals surface area contributed by atoms with Crippen LogP contribution in [0.1, 0.15) is 53.4 Å². The first-order valence-corrected chi connectivity index (χ1v) is 13.2. The van der Waals surface area contributed by atoms with E-state index in [4.69, 9.17) is 23.2 Å². The van der Waals surface area contributed by atoms with Gasteiger partial charge >= 0.3 is 0 Å². The molecule has 2 aliphatic rings. The van der Waals surface area contributed by atoms with Crippen LogP contribution in [0.15, 0.2) is 23.1 Å². The third-order valence-electron chi connectivity index (χ3n) is 6.50. The van der Waals surface area contributed by atoms with E-state index in [1.807, 2.05) is 4.90 Å². The van der Waals surface area contributed by atoms with E-state index >= 15 is 0 Å². The van der Waals surface area contributed by atoms with Crippen molar-refractivity contribution in [1.29, 1.82) is 0 Å². The summed E-state index contributed by atoms with van der Waals surface area (Å²) in [4.78, 5) is 15.4. The van der Waals surface area contributed by atoms with Gasteiger partial charge in [-0.25, -0.2) is 8.42 Å². The summed E-state index contributed by atoms with van der Waals surface area (Å²) in [7, 11) is -3.68. The van der Waals surface area contributed by atoms with Crippen LogP contribution in [0.25, 0.3) is 0 Å². The molecule has 0 bridgehead atoms. The van der Waals surface area contributed by atoms with E-state index in [2.05, 4.69) is 33.0 Å². The maximum atomic E-state index is 13.2. The van der Waals surface area contributed by atoms with Crippen LogP contribution in [0.3, 0.4) is 0 Å². The van der Waals surface area contributed by atoms with Crippen LogP contribution in [-0.2, 0) is 14.8 Å². The SMILES string of the molecule is CCC(C)CN1C(=O)C(CC(C)C)NC12CCN(S(=O)(=O)c1ccc(Cl)c(Cl)c1)CC2. The number of rotatable bonds is 7. The molecule has 1 N–H and O–H groups in total. The Balaban J connectivity index is 1.80. The van der Waals surface area contributed by atoms with Gasteiger partial charge in [0.25, 0.3) is 0 Å². The smallest absolute Gasteiger partial charge is 0.243 e. The van der Waals surface area contributed by atoms with Crippen molar-refractivity contribution in [3.8, 4) is 0 Å². The maximum Gasteiger partial charge on any atom is 0.243 e. The monoisotopic (exact) mass is 489 g/mol. The van der Waals surface area contributed by atoms with Crippen molar-refractivity contribution >= 4 is 39.1 Å². The quantitative estimate of drug-likeness (QED) is 0.617. The minimum absolute atomic E-state index is 0.141. The Morgan fingerprint density at radius 3 is 2.35 bits per heavy atom. The number of benzene rings is 1. The number of carbonyl (C=O) groups excluding carboxylic acids is 1. The molecule has 2 heterocycles. The van der Waals surface area contributed by atoms with Crippen LogP contribution in [0.2, 0.25) is 10.0 Å². The van der Waals surface area contributed by atoms with Crippen LogP contribution in [0.4, 0.5) is 0 Å². The molecule has 0 aliphatic carbocycles. The van der Waals surface area contributed by atoms with Crippen molar-refractivity contribution in [1.82, 2.24) is 14.5 Å². The zero-order chi connectivity index (χ0) is 23.0. The van der Waals surface area contributed by atoms with E-state index in [0.717, 1.165) is 12.8 Å². The molecule has 2 aliphatic heterocycles. The Morgan fingerprint density at radius 2 is 1.81 bits per heavy atom. The predicted molar refractivity (Wildman–Crippen MR) is 125 cm³/mol. The van der Waals surface area contributed by atoms with Gasteiger partial charge in [0, 0.05) is 19.6 Å². The Morgan fingerprint density at radius 1 is 1.16 bits per heavy atom. The Hall–Kier alpha value is -0.860. The highest BCUT2D eigenvalue weighted by Crippen LogP contribution is 2.37. The molecule has 174 valence electrons. The molecule has 0 radical (unpaired) electrons. The highest BCUT2D eigenvalue weighted by atomic mass is 35.5. The molecule has 3 rings (SSSR count). The van der Waals surface area contributed by atoms with Gasteiger partial charge in [-0.15, -0.1) is 0 Å². The molecule has 1 aromatic carbocycles. The molecular weight excluding hydrogens is 457 g/mol. The average molecular weight is 490 g/mol. The molecule has 2 unspecified atom stereocenters. The zero-order valence-electron chi connectivity index (χ0n) is 18.7. The first-order chi connectivity index (χ1) is 14.5. The van der Waals surface area contributed by atoms with Crippen molar-refractivity contribution in [3.63, 3.8) is 0 Å². The molecule has 1 amide bonds. The fourth-order valence-electron chi connectivity index (χ4n) is 4.50. The van der Waals surface area contributed by atoms with Gasteiger partial charge in [-0.2, -0.15) is 4.31 Å². The minimum Gasteiger partial charge on any atom is -0.323 e. The number of nitrogens with one attached hydrogen (secondary N) is 1. The topological polar surface area (TPSA) is 69.7 Å². The van der Waals surface area contributed by atoms with Gasteiger partial charge in [0.2, 0.25) is 15.9 Å². The van der Waals surface area contributed by atoms with Gasteiger partial charge in [-0.05, 0) is 49.3 Å². The highest BCUT2D eigenvalue weighted by molar-refractivity contribution is 7.89. The maximum absolute atomic E-state index is 13.2. The van der Waals surface area contributed by atoms with Crippen molar-refractivity contribution in [2.45, 2.75) is 70.0 Å². The first kappa shape index (κ1) is 24.8. The van der Waals surface area contributed by atoms with Gasteiger partial charge < -0.3 is 4.90 Å². The molecule has 6 nitrogen and oxygen atoms in total. The zero-order valence-corrected chi connectivity index (χ0v) is 21.0. The molecule has 0 saturated carbocycles. The van der Waals surface area contributed by atoms with Crippen molar-refractivity contribution < 1.29 is 13.2 Å². The molecule has 2 fully saturated rings. The third-order valence-corrected chi connectivity index (χ3v) is 9.13. The molecular formula is C22H33Cl2N3O3S. The second kappa shape index (κ2) is 9.56. The average Bonchev–Trinajstić information content (AvgIpc) is 2.94. The standard InChI is InChI=1S/C22H33Cl2N3O3S/c1-5-16(4)14-27-21(28)20(12-15(2)3)25-22(27)8-10-26(11-9-22)31(29,30)17-6-7-18(23)19(24)13-17/h6-7,13,15-16,20,25H,5,8-12,14H2,1-4H3. The number of piperidine rings is 1. The van der Waals surface area contributed by atoms with Crippen molar-refractivity contribution in [3.05, 3.63) is 28.2 Å². The third kappa shape index (κ3) is 5.06. The Bertz CT molecular complexity index is 915. The number of halogens is 2. The van der Waals surface area contributed by atoms with Gasteiger partial charge in [-0.1, -0.05) is 57.3 Å². The normalized spacial score (nSPS) is 23.1. The summed E-state index contributed by atoms with van der Waals surface area (Å²) in [5.74, 6) is 0.936. The number of carbonyl (C=O) groups is 1. The molecule has 2 saturated heterocycles. The molecule has 1 spiro atoms. The predicted octanol–water partition coefficient (Wildman–Crippen LogP) is 4.37. The highest BCUT2D eigenvalue weighted by Gasteiger charge is 2.52. The largest absolute Gasteiger partial charge is 0.323 e. The Labute approximate surface area is 196 Å². The fraction of sp³-hybridized carbons (Fsp3) is 0.682. The number of amides is 1. The van der Waals surface area contributed by atoms with Gasteiger partial charge in [-0.3, -0.25) is 10.1 Å². The van der Waals surface area contributed by atoms with Gasteiger partial charge in [0.15, 0.2) is 0 Å². The lowest BCUT2D eigenvalue weighted by Crippen LogP contribution is -2.60. The second-order valence-corrected chi connectivity index (χ2v) is 12.1. The number of hydrogen-bond acceptors (Lipinski definition) is 4. The van der Waals surface area contributed by atoms with E-state index in [1.54, 1.807) is 0 Å². The fourth-order valence-corrected chi connectivity index (χ4v) is 6.33. The van der Waals surface area contributed by atoms with E-state index in [9.17, 15) is 13.2 Å². The molecule has 2 atom stereocenters. The van der Waals surface area contributed by atoms with E-state index in [0.29, 0.717) is 49.3 Å². The summed E-state index contributed by atoms with van der Waals surface area (Å²) in [6.07, 6.45) is 2.89. The van der Waals surface area contributed by atoms with Crippen LogP contribution in [-0.4, -0.2) is 54.9 Å². The van der Waals surface area contributed by atoms with Gasteiger partial charge in [0.1, 0.15) is 0 Å². The lowest BCUT2D eigenvalue weighted by Gasteiger charge is -2.45. The van der Waals surface area contributed by atoms with Crippen LogP contribution >= 0.6 is 23.2 Å².